The van der Waals surface area contributed by atoms with Gasteiger partial charge in [-0.3, -0.25) is 4.79 Å². The Hall–Kier alpha value is -1.07. The van der Waals surface area contributed by atoms with Crippen molar-refractivity contribution in [3.8, 4) is 11.5 Å². The fourth-order valence-electron chi connectivity index (χ4n) is 1.73. The van der Waals surface area contributed by atoms with Crippen molar-refractivity contribution in [1.82, 2.24) is 0 Å². The van der Waals surface area contributed by atoms with Gasteiger partial charge in [-0.25, -0.2) is 0 Å². The number of carbonyl (C=O) groups is 1. The van der Waals surface area contributed by atoms with Gasteiger partial charge in [0.2, 0.25) is 0 Å². The van der Waals surface area contributed by atoms with Crippen LogP contribution in [0.1, 0.15) is 37.6 Å². The molecule has 0 aliphatic rings. The molecule has 0 aromatic heterocycles. The Balaban J connectivity index is 3.08. The van der Waals surface area contributed by atoms with E-state index in [1.807, 2.05) is 20.8 Å². The van der Waals surface area contributed by atoms with Gasteiger partial charge in [-0.1, -0.05) is 20.8 Å². The van der Waals surface area contributed by atoms with Crippen LogP contribution in [0.2, 0.25) is 0 Å². The average molecular weight is 344 g/mol. The van der Waals surface area contributed by atoms with E-state index in [1.54, 1.807) is 19.2 Å². The average Bonchev–Trinajstić information content (AvgIpc) is 2.36. The first-order valence-corrected chi connectivity index (χ1v) is 7.21. The molecule has 0 radical (unpaired) electrons. The Bertz CT molecular complexity index is 495. The molecule has 0 aliphatic heterocycles. The summed E-state index contributed by atoms with van der Waals surface area (Å²) in [6.07, 6.45) is 0.276. The van der Waals surface area contributed by atoms with E-state index in [-0.39, 0.29) is 23.7 Å². The van der Waals surface area contributed by atoms with E-state index < -0.39 is 0 Å². The Morgan fingerprint density at radius 2 is 1.90 bits per heavy atom. The molecule has 0 saturated carbocycles. The molecule has 1 unspecified atom stereocenters. The summed E-state index contributed by atoms with van der Waals surface area (Å²) in [6, 6.07) is 3.24. The monoisotopic (exact) mass is 343 g/mol. The van der Waals surface area contributed by atoms with Crippen molar-refractivity contribution in [2.75, 3.05) is 14.2 Å². The third kappa shape index (κ3) is 3.73. The summed E-state index contributed by atoms with van der Waals surface area (Å²) in [4.78, 5) is 12.4. The number of hydrogen-bond acceptors (Lipinski definition) is 4. The standard InChI is InChI=1S/C15H22BrNO3/c1-15(2,3)12(17)8-10(18)9-6-7-11(19-4)13(16)14(9)20-5/h6-7,12H,8,17H2,1-5H3. The van der Waals surface area contributed by atoms with E-state index in [0.29, 0.717) is 21.5 Å². The molecule has 4 nitrogen and oxygen atoms in total. The molecule has 0 fully saturated rings. The Morgan fingerprint density at radius 3 is 2.35 bits per heavy atom. The van der Waals surface area contributed by atoms with E-state index in [4.69, 9.17) is 15.2 Å². The lowest BCUT2D eigenvalue weighted by Crippen LogP contribution is -2.37. The molecule has 1 aromatic carbocycles. The second-order valence-electron chi connectivity index (χ2n) is 5.76. The molecule has 1 rings (SSSR count). The van der Waals surface area contributed by atoms with Gasteiger partial charge in [0.05, 0.1) is 19.8 Å². The van der Waals surface area contributed by atoms with Crippen LogP contribution < -0.4 is 15.2 Å². The third-order valence-corrected chi connectivity index (χ3v) is 4.05. The fraction of sp³-hybridized carbons (Fsp3) is 0.533. The van der Waals surface area contributed by atoms with Crippen LogP contribution in [-0.4, -0.2) is 26.0 Å². The molecular weight excluding hydrogens is 322 g/mol. The Labute approximate surface area is 128 Å². The maximum atomic E-state index is 12.4. The van der Waals surface area contributed by atoms with Crippen molar-refractivity contribution >= 4 is 21.7 Å². The van der Waals surface area contributed by atoms with E-state index in [9.17, 15) is 4.79 Å². The SMILES string of the molecule is COc1ccc(C(=O)CC(N)C(C)(C)C)c(OC)c1Br. The molecule has 20 heavy (non-hydrogen) atoms. The fourth-order valence-corrected chi connectivity index (χ4v) is 2.40. The van der Waals surface area contributed by atoms with E-state index >= 15 is 0 Å². The lowest BCUT2D eigenvalue weighted by atomic mass is 9.83. The van der Waals surface area contributed by atoms with Gasteiger partial charge in [0.1, 0.15) is 16.0 Å². The van der Waals surface area contributed by atoms with Gasteiger partial charge in [0.15, 0.2) is 5.78 Å². The van der Waals surface area contributed by atoms with Crippen LogP contribution in [0.5, 0.6) is 11.5 Å². The van der Waals surface area contributed by atoms with Crippen LogP contribution >= 0.6 is 15.9 Å². The van der Waals surface area contributed by atoms with Crippen LogP contribution in [0.25, 0.3) is 0 Å². The van der Waals surface area contributed by atoms with Gasteiger partial charge in [0, 0.05) is 12.5 Å². The lowest BCUT2D eigenvalue weighted by molar-refractivity contribution is 0.0950. The highest BCUT2D eigenvalue weighted by atomic mass is 79.9. The number of ether oxygens (including phenoxy) is 2. The van der Waals surface area contributed by atoms with Crippen molar-refractivity contribution < 1.29 is 14.3 Å². The second-order valence-corrected chi connectivity index (χ2v) is 6.56. The summed E-state index contributed by atoms with van der Waals surface area (Å²) in [5.41, 5.74) is 6.47. The first-order valence-electron chi connectivity index (χ1n) is 6.41. The van der Waals surface area contributed by atoms with Crippen LogP contribution in [0.15, 0.2) is 16.6 Å². The predicted octanol–water partition coefficient (Wildman–Crippen LogP) is 3.41. The van der Waals surface area contributed by atoms with Gasteiger partial charge in [-0.05, 0) is 33.5 Å². The zero-order valence-corrected chi connectivity index (χ0v) is 14.2. The molecule has 112 valence electrons. The van der Waals surface area contributed by atoms with Crippen molar-refractivity contribution in [2.45, 2.75) is 33.2 Å². The summed E-state index contributed by atoms with van der Waals surface area (Å²) in [5.74, 6) is 1.07. The number of ketones is 1. The molecule has 0 aliphatic carbocycles. The normalized spacial score (nSPS) is 12.9. The topological polar surface area (TPSA) is 61.5 Å². The minimum atomic E-state index is -0.208. The van der Waals surface area contributed by atoms with E-state index in [0.717, 1.165) is 0 Å². The summed E-state index contributed by atoms with van der Waals surface area (Å²) < 4.78 is 11.1. The van der Waals surface area contributed by atoms with Crippen molar-refractivity contribution in [2.24, 2.45) is 11.1 Å². The molecule has 1 atom stereocenters. The predicted molar refractivity (Wildman–Crippen MR) is 83.6 cm³/mol. The van der Waals surface area contributed by atoms with Crippen LogP contribution in [0.4, 0.5) is 0 Å². The number of benzene rings is 1. The van der Waals surface area contributed by atoms with Crippen molar-refractivity contribution in [1.29, 1.82) is 0 Å². The number of rotatable bonds is 5. The van der Waals surface area contributed by atoms with Crippen molar-refractivity contribution in [3.05, 3.63) is 22.2 Å². The molecule has 0 amide bonds. The zero-order chi connectivity index (χ0) is 15.5. The molecule has 0 spiro atoms. The number of Topliss-reactive ketones (excluding diaryl/α,β-unsaturated/α-hetero) is 1. The first-order chi connectivity index (χ1) is 9.22. The highest BCUT2D eigenvalue weighted by Crippen LogP contribution is 2.38. The molecule has 1 aromatic rings. The number of nitrogens with two attached hydrogens (primary N) is 1. The van der Waals surface area contributed by atoms with Crippen LogP contribution in [0.3, 0.4) is 0 Å². The van der Waals surface area contributed by atoms with Crippen molar-refractivity contribution in [3.63, 3.8) is 0 Å². The number of hydrogen-bond donors (Lipinski definition) is 1. The third-order valence-electron chi connectivity index (χ3n) is 3.30. The lowest BCUT2D eigenvalue weighted by Gasteiger charge is -2.26. The minimum absolute atomic E-state index is 0.0346. The van der Waals surface area contributed by atoms with E-state index in [2.05, 4.69) is 15.9 Å². The summed E-state index contributed by atoms with van der Waals surface area (Å²) in [6.45, 7) is 6.06. The van der Waals surface area contributed by atoms with Crippen LogP contribution in [-0.2, 0) is 0 Å². The molecule has 5 heteroatoms. The largest absolute Gasteiger partial charge is 0.495 e. The number of carbonyl (C=O) groups excluding carboxylic acids is 1. The van der Waals surface area contributed by atoms with Gasteiger partial charge >= 0.3 is 0 Å². The highest BCUT2D eigenvalue weighted by molar-refractivity contribution is 9.10. The summed E-state index contributed by atoms with van der Waals surface area (Å²) in [5, 5.41) is 0. The quantitative estimate of drug-likeness (QED) is 0.832. The smallest absolute Gasteiger partial charge is 0.168 e. The maximum absolute atomic E-state index is 12.4. The molecular formula is C15H22BrNO3. The van der Waals surface area contributed by atoms with Crippen LogP contribution in [0, 0.1) is 5.41 Å². The minimum Gasteiger partial charge on any atom is -0.495 e. The van der Waals surface area contributed by atoms with Gasteiger partial charge in [-0.15, -0.1) is 0 Å². The Kier molecular flexibility index (Phi) is 5.59. The van der Waals surface area contributed by atoms with Gasteiger partial charge in [0.25, 0.3) is 0 Å². The highest BCUT2D eigenvalue weighted by Gasteiger charge is 2.26. The maximum Gasteiger partial charge on any atom is 0.168 e. The molecule has 0 heterocycles. The van der Waals surface area contributed by atoms with E-state index in [1.165, 1.54) is 7.11 Å². The molecule has 0 bridgehead atoms. The molecule has 0 saturated heterocycles. The summed E-state index contributed by atoms with van der Waals surface area (Å²) >= 11 is 3.39. The number of halogens is 1. The Morgan fingerprint density at radius 1 is 1.30 bits per heavy atom. The number of methoxy groups -OCH3 is 2. The second kappa shape index (κ2) is 6.59. The first kappa shape index (κ1) is 17.0. The summed E-state index contributed by atoms with van der Waals surface area (Å²) in [7, 11) is 3.09. The van der Waals surface area contributed by atoms with Gasteiger partial charge in [-0.2, -0.15) is 0 Å². The zero-order valence-electron chi connectivity index (χ0n) is 12.6. The molecule has 2 N–H and O–H groups in total. The van der Waals surface area contributed by atoms with Gasteiger partial charge < -0.3 is 15.2 Å².